The van der Waals surface area contributed by atoms with Crippen LogP contribution in [0.3, 0.4) is 0 Å². The van der Waals surface area contributed by atoms with Gasteiger partial charge < -0.3 is 28.7 Å². The Bertz CT molecular complexity index is 1290. The van der Waals surface area contributed by atoms with Gasteiger partial charge in [-0.2, -0.15) is 0 Å². The molecule has 34 heavy (non-hydrogen) atoms. The molecule has 0 fully saturated rings. The van der Waals surface area contributed by atoms with E-state index in [1.807, 2.05) is 12.1 Å². The zero-order chi connectivity index (χ0) is 23.7. The molecule has 176 valence electrons. The van der Waals surface area contributed by atoms with Crippen LogP contribution in [0.1, 0.15) is 41.4 Å². The fourth-order valence-corrected chi connectivity index (χ4v) is 4.18. The summed E-state index contributed by atoms with van der Waals surface area (Å²) in [6, 6.07) is 8.45. The van der Waals surface area contributed by atoms with E-state index in [0.29, 0.717) is 17.2 Å². The number of Topliss-reactive ketones (excluding diaryl/α,β-unsaturated/α-hetero) is 1. The average Bonchev–Trinajstić information content (AvgIpc) is 3.44. The van der Waals surface area contributed by atoms with Gasteiger partial charge in [0.15, 0.2) is 30.5 Å². The second-order valence-electron chi connectivity index (χ2n) is 8.17. The molecule has 1 aliphatic heterocycles. The summed E-state index contributed by atoms with van der Waals surface area (Å²) in [5.41, 5.74) is 2.54. The maximum absolute atomic E-state index is 12.3. The first-order valence-corrected chi connectivity index (χ1v) is 11.0. The van der Waals surface area contributed by atoms with Crippen molar-refractivity contribution in [3.63, 3.8) is 0 Å². The summed E-state index contributed by atoms with van der Waals surface area (Å²) in [5, 5.41) is 3.58. The Labute approximate surface area is 194 Å². The van der Waals surface area contributed by atoms with Gasteiger partial charge in [0.1, 0.15) is 17.1 Å². The van der Waals surface area contributed by atoms with E-state index in [9.17, 15) is 14.4 Å². The molecule has 1 aromatic heterocycles. The molecule has 0 spiro atoms. The number of carbonyl (C=O) groups excluding carboxylic acids is 3. The Kier molecular flexibility index (Phi) is 5.83. The predicted octanol–water partition coefficient (Wildman–Crippen LogP) is 3.80. The van der Waals surface area contributed by atoms with Gasteiger partial charge in [-0.05, 0) is 50.5 Å². The number of aryl methyl sites for hydroxylation is 2. The van der Waals surface area contributed by atoms with E-state index in [0.717, 1.165) is 42.4 Å². The van der Waals surface area contributed by atoms with E-state index < -0.39 is 18.5 Å². The quantitative estimate of drug-likeness (QED) is 0.414. The smallest absolute Gasteiger partial charge is 0.344 e. The van der Waals surface area contributed by atoms with Crippen molar-refractivity contribution in [1.82, 2.24) is 0 Å². The fourth-order valence-electron chi connectivity index (χ4n) is 4.18. The van der Waals surface area contributed by atoms with Crippen LogP contribution in [-0.2, 0) is 27.2 Å². The van der Waals surface area contributed by atoms with Gasteiger partial charge in [-0.1, -0.05) is 0 Å². The SMILES string of the molecule is CC(=O)c1cc2c(cc1NC(=O)COC(=O)COc1ccc3oc4c(c3c1)CCCC4)OCO2. The molecule has 0 bridgehead atoms. The number of ketones is 1. The van der Waals surface area contributed by atoms with E-state index in [1.54, 1.807) is 6.07 Å². The summed E-state index contributed by atoms with van der Waals surface area (Å²) in [4.78, 5) is 36.3. The third-order valence-electron chi connectivity index (χ3n) is 5.81. The predicted molar refractivity (Wildman–Crippen MR) is 121 cm³/mol. The summed E-state index contributed by atoms with van der Waals surface area (Å²) in [6.45, 7) is 0.544. The van der Waals surface area contributed by atoms with Crippen LogP contribution < -0.4 is 19.5 Å². The number of nitrogens with one attached hydrogen (secondary N) is 1. The van der Waals surface area contributed by atoms with Crippen molar-refractivity contribution in [2.45, 2.75) is 32.6 Å². The van der Waals surface area contributed by atoms with E-state index in [4.69, 9.17) is 23.4 Å². The van der Waals surface area contributed by atoms with Crippen LogP contribution in [0.25, 0.3) is 11.0 Å². The van der Waals surface area contributed by atoms with E-state index >= 15 is 0 Å². The zero-order valence-electron chi connectivity index (χ0n) is 18.6. The number of benzene rings is 2. The highest BCUT2D eigenvalue weighted by atomic mass is 16.7. The molecule has 5 rings (SSSR count). The highest BCUT2D eigenvalue weighted by Crippen LogP contribution is 2.37. The molecule has 0 saturated heterocycles. The van der Waals surface area contributed by atoms with Gasteiger partial charge in [-0.3, -0.25) is 9.59 Å². The van der Waals surface area contributed by atoms with Crippen molar-refractivity contribution in [1.29, 1.82) is 0 Å². The van der Waals surface area contributed by atoms with Gasteiger partial charge in [0.2, 0.25) is 6.79 Å². The lowest BCUT2D eigenvalue weighted by Crippen LogP contribution is -2.24. The summed E-state index contributed by atoms with van der Waals surface area (Å²) in [5.74, 6) is 0.856. The largest absolute Gasteiger partial charge is 0.482 e. The van der Waals surface area contributed by atoms with Crippen LogP contribution in [0.15, 0.2) is 34.7 Å². The third kappa shape index (κ3) is 4.41. The van der Waals surface area contributed by atoms with Gasteiger partial charge in [-0.15, -0.1) is 0 Å². The van der Waals surface area contributed by atoms with Crippen molar-refractivity contribution in [3.05, 3.63) is 47.2 Å². The molecule has 3 aromatic rings. The first-order chi connectivity index (χ1) is 16.5. The van der Waals surface area contributed by atoms with Gasteiger partial charge in [0.25, 0.3) is 5.91 Å². The van der Waals surface area contributed by atoms with E-state index in [1.165, 1.54) is 24.6 Å². The van der Waals surface area contributed by atoms with Crippen LogP contribution in [0.2, 0.25) is 0 Å². The van der Waals surface area contributed by atoms with E-state index in [2.05, 4.69) is 5.32 Å². The van der Waals surface area contributed by atoms with Crippen molar-refractivity contribution in [3.8, 4) is 17.2 Å². The number of amides is 1. The second kappa shape index (κ2) is 9.09. The van der Waals surface area contributed by atoms with E-state index in [-0.39, 0.29) is 30.4 Å². The van der Waals surface area contributed by atoms with Gasteiger partial charge in [0, 0.05) is 29.0 Å². The molecular formula is C25H23NO8. The average molecular weight is 465 g/mol. The first-order valence-electron chi connectivity index (χ1n) is 11.0. The number of fused-ring (bicyclic) bond motifs is 4. The lowest BCUT2D eigenvalue weighted by Gasteiger charge is -2.11. The molecule has 2 aromatic carbocycles. The Morgan fingerprint density at radius 2 is 1.79 bits per heavy atom. The lowest BCUT2D eigenvalue weighted by atomic mass is 9.96. The molecule has 1 amide bonds. The van der Waals surface area contributed by atoms with Crippen LogP contribution in [0, 0.1) is 0 Å². The molecule has 0 radical (unpaired) electrons. The van der Waals surface area contributed by atoms with Crippen molar-refractivity contribution in [2.24, 2.45) is 0 Å². The van der Waals surface area contributed by atoms with Gasteiger partial charge >= 0.3 is 5.97 Å². The molecule has 1 aliphatic carbocycles. The Morgan fingerprint density at radius 3 is 2.62 bits per heavy atom. The van der Waals surface area contributed by atoms with Gasteiger partial charge in [0.05, 0.1) is 5.69 Å². The van der Waals surface area contributed by atoms with Crippen molar-refractivity contribution < 1.29 is 37.7 Å². The number of ether oxygens (including phenoxy) is 4. The number of hydrogen-bond donors (Lipinski definition) is 1. The van der Waals surface area contributed by atoms with Crippen LogP contribution in [0.4, 0.5) is 5.69 Å². The molecule has 9 heteroatoms. The maximum atomic E-state index is 12.3. The number of rotatable bonds is 7. The van der Waals surface area contributed by atoms with Crippen LogP contribution in [0.5, 0.6) is 17.2 Å². The number of anilines is 1. The molecule has 0 unspecified atom stereocenters. The topological polar surface area (TPSA) is 113 Å². The molecule has 9 nitrogen and oxygen atoms in total. The number of hydrogen-bond acceptors (Lipinski definition) is 8. The molecular weight excluding hydrogens is 442 g/mol. The van der Waals surface area contributed by atoms with Crippen LogP contribution >= 0.6 is 0 Å². The summed E-state index contributed by atoms with van der Waals surface area (Å²) in [6.07, 6.45) is 4.16. The summed E-state index contributed by atoms with van der Waals surface area (Å²) < 4.78 is 27.0. The number of furan rings is 1. The second-order valence-corrected chi connectivity index (χ2v) is 8.17. The molecule has 2 aliphatic rings. The molecule has 2 heterocycles. The zero-order valence-corrected chi connectivity index (χ0v) is 18.6. The maximum Gasteiger partial charge on any atom is 0.344 e. The Morgan fingerprint density at radius 1 is 1.00 bits per heavy atom. The van der Waals surface area contributed by atoms with Crippen molar-refractivity contribution >= 4 is 34.3 Å². The van der Waals surface area contributed by atoms with Crippen molar-refractivity contribution in [2.75, 3.05) is 25.3 Å². The highest BCUT2D eigenvalue weighted by molar-refractivity contribution is 6.05. The minimum atomic E-state index is -0.693. The number of esters is 1. The molecule has 0 atom stereocenters. The third-order valence-corrected chi connectivity index (χ3v) is 5.81. The number of carbonyl (C=O) groups is 3. The monoisotopic (exact) mass is 465 g/mol. The minimum absolute atomic E-state index is 0.0394. The van der Waals surface area contributed by atoms with Crippen LogP contribution in [-0.4, -0.2) is 37.7 Å². The minimum Gasteiger partial charge on any atom is -0.482 e. The highest BCUT2D eigenvalue weighted by Gasteiger charge is 2.21. The Balaban J connectivity index is 1.16. The normalized spacial score (nSPS) is 13.9. The first kappa shape index (κ1) is 21.8. The fraction of sp³-hybridized carbons (Fsp3) is 0.320. The standard InChI is InChI=1S/C25H23NO8/c1-14(27)17-9-22-23(33-13-32-22)10-19(17)26-24(28)11-31-25(29)12-30-15-6-7-21-18(8-15)16-4-2-3-5-20(16)34-21/h6-10H,2-5,11-13H2,1H3,(H,26,28). The lowest BCUT2D eigenvalue weighted by molar-refractivity contribution is -0.149. The molecule has 0 saturated carbocycles. The molecule has 1 N–H and O–H groups in total. The van der Waals surface area contributed by atoms with Gasteiger partial charge in [-0.25, -0.2) is 4.79 Å². The summed E-state index contributed by atoms with van der Waals surface area (Å²) >= 11 is 0. The summed E-state index contributed by atoms with van der Waals surface area (Å²) in [7, 11) is 0. The Hall–Kier alpha value is -4.01.